The molecule has 0 saturated heterocycles. The van der Waals surface area contributed by atoms with Crippen molar-refractivity contribution >= 4 is 39.2 Å². The Morgan fingerprint density at radius 2 is 2.30 bits per heavy atom. The molecule has 2 heterocycles. The minimum absolute atomic E-state index is 0.0104. The van der Waals surface area contributed by atoms with Gasteiger partial charge in [-0.05, 0) is 25.3 Å². The minimum atomic E-state index is -0.0104. The standard InChI is InChI=1S/C13H17N5OS/c1-2-8-5-9-11(17-13(14)18-12(9)20-8)15-6-10(19)16-7-3-4-7/h5,7H,2-4,6H2,1H3,(H,16,19)(H3,14,15,17,18). The molecule has 7 heteroatoms. The molecule has 0 unspecified atom stereocenters. The molecule has 1 amide bonds. The molecule has 0 spiro atoms. The first-order chi connectivity index (χ1) is 9.65. The molecule has 4 N–H and O–H groups in total. The van der Waals surface area contributed by atoms with E-state index in [1.807, 2.05) is 0 Å². The fourth-order valence-electron chi connectivity index (χ4n) is 1.97. The van der Waals surface area contributed by atoms with Crippen molar-refractivity contribution < 1.29 is 4.79 Å². The Kier molecular flexibility index (Phi) is 3.43. The van der Waals surface area contributed by atoms with Crippen LogP contribution in [0, 0.1) is 0 Å². The number of nitrogen functional groups attached to an aromatic ring is 1. The largest absolute Gasteiger partial charge is 0.368 e. The number of hydrogen-bond acceptors (Lipinski definition) is 6. The zero-order chi connectivity index (χ0) is 14.1. The average molecular weight is 291 g/mol. The normalized spacial score (nSPS) is 14.4. The lowest BCUT2D eigenvalue weighted by atomic mass is 10.3. The third-order valence-corrected chi connectivity index (χ3v) is 4.34. The summed E-state index contributed by atoms with van der Waals surface area (Å²) in [5.41, 5.74) is 5.72. The first-order valence-electron chi connectivity index (χ1n) is 6.75. The average Bonchev–Trinajstić information content (AvgIpc) is 3.12. The maximum Gasteiger partial charge on any atom is 0.239 e. The van der Waals surface area contributed by atoms with Crippen molar-refractivity contribution in [3.05, 3.63) is 10.9 Å². The molecule has 2 aromatic heterocycles. The van der Waals surface area contributed by atoms with E-state index >= 15 is 0 Å². The van der Waals surface area contributed by atoms with E-state index in [1.54, 1.807) is 11.3 Å². The van der Waals surface area contributed by atoms with Gasteiger partial charge in [-0.3, -0.25) is 4.79 Å². The second-order valence-electron chi connectivity index (χ2n) is 4.91. The van der Waals surface area contributed by atoms with Crippen LogP contribution >= 0.6 is 11.3 Å². The number of aromatic nitrogens is 2. The molecular weight excluding hydrogens is 274 g/mol. The van der Waals surface area contributed by atoms with Crippen molar-refractivity contribution in [2.24, 2.45) is 0 Å². The van der Waals surface area contributed by atoms with Crippen molar-refractivity contribution in [2.45, 2.75) is 32.2 Å². The third-order valence-electron chi connectivity index (χ3n) is 3.17. The maximum absolute atomic E-state index is 11.7. The van der Waals surface area contributed by atoms with Crippen LogP contribution in [0.15, 0.2) is 6.07 Å². The highest BCUT2D eigenvalue weighted by atomic mass is 32.1. The van der Waals surface area contributed by atoms with Crippen molar-refractivity contribution in [1.29, 1.82) is 0 Å². The van der Waals surface area contributed by atoms with Gasteiger partial charge in [-0.15, -0.1) is 11.3 Å². The van der Waals surface area contributed by atoms with Crippen LogP contribution in [0.2, 0.25) is 0 Å². The Morgan fingerprint density at radius 3 is 3.00 bits per heavy atom. The van der Waals surface area contributed by atoms with Crippen molar-refractivity contribution in [1.82, 2.24) is 15.3 Å². The lowest BCUT2D eigenvalue weighted by Gasteiger charge is -2.07. The fourth-order valence-corrected chi connectivity index (χ4v) is 2.94. The number of nitrogens with zero attached hydrogens (tertiary/aromatic N) is 2. The summed E-state index contributed by atoms with van der Waals surface area (Å²) >= 11 is 1.61. The number of rotatable bonds is 5. The highest BCUT2D eigenvalue weighted by Gasteiger charge is 2.23. The molecule has 20 heavy (non-hydrogen) atoms. The second kappa shape index (κ2) is 5.24. The molecule has 106 valence electrons. The predicted octanol–water partition coefficient (Wildman–Crippen LogP) is 1.53. The number of hydrogen-bond donors (Lipinski definition) is 3. The van der Waals surface area contributed by atoms with Gasteiger partial charge < -0.3 is 16.4 Å². The summed E-state index contributed by atoms with van der Waals surface area (Å²) in [6.45, 7) is 2.30. The first-order valence-corrected chi connectivity index (χ1v) is 7.56. The molecule has 0 radical (unpaired) electrons. The topological polar surface area (TPSA) is 92.9 Å². The number of aryl methyl sites for hydroxylation is 1. The molecule has 1 fully saturated rings. The molecule has 1 aliphatic rings. The summed E-state index contributed by atoms with van der Waals surface area (Å²) in [6, 6.07) is 2.42. The van der Waals surface area contributed by atoms with Gasteiger partial charge in [-0.25, -0.2) is 4.98 Å². The molecule has 3 rings (SSSR count). The first kappa shape index (κ1) is 13.1. The number of anilines is 2. The number of carbonyl (C=O) groups excluding carboxylic acids is 1. The number of nitrogens with one attached hydrogen (secondary N) is 2. The van der Waals surface area contributed by atoms with Crippen LogP contribution in [0.4, 0.5) is 11.8 Å². The Hall–Kier alpha value is -1.89. The van der Waals surface area contributed by atoms with Crippen LogP contribution in [0.3, 0.4) is 0 Å². The van der Waals surface area contributed by atoms with E-state index in [0.29, 0.717) is 11.9 Å². The monoisotopic (exact) mass is 291 g/mol. The van der Waals surface area contributed by atoms with E-state index in [0.717, 1.165) is 29.5 Å². The number of nitrogens with two attached hydrogens (primary N) is 1. The van der Waals surface area contributed by atoms with Crippen LogP contribution < -0.4 is 16.4 Å². The lowest BCUT2D eigenvalue weighted by Crippen LogP contribution is -2.31. The fraction of sp³-hybridized carbons (Fsp3) is 0.462. The van der Waals surface area contributed by atoms with Gasteiger partial charge in [-0.2, -0.15) is 4.98 Å². The smallest absolute Gasteiger partial charge is 0.239 e. The van der Waals surface area contributed by atoms with Crippen molar-refractivity contribution in [2.75, 3.05) is 17.6 Å². The van der Waals surface area contributed by atoms with Gasteiger partial charge >= 0.3 is 0 Å². The molecule has 1 saturated carbocycles. The summed E-state index contributed by atoms with van der Waals surface area (Å²) in [4.78, 5) is 22.2. The van der Waals surface area contributed by atoms with Gasteiger partial charge in [0.05, 0.1) is 11.9 Å². The summed E-state index contributed by atoms with van der Waals surface area (Å²) in [5, 5.41) is 6.92. The lowest BCUT2D eigenvalue weighted by molar-refractivity contribution is -0.119. The van der Waals surface area contributed by atoms with Gasteiger partial charge in [-0.1, -0.05) is 6.92 Å². The molecule has 2 aromatic rings. The molecule has 6 nitrogen and oxygen atoms in total. The summed E-state index contributed by atoms with van der Waals surface area (Å²) in [5.74, 6) is 0.852. The van der Waals surface area contributed by atoms with Gasteiger partial charge in [0.2, 0.25) is 11.9 Å². The maximum atomic E-state index is 11.7. The predicted molar refractivity (Wildman–Crippen MR) is 80.9 cm³/mol. The molecular formula is C13H17N5OS. The van der Waals surface area contributed by atoms with E-state index in [4.69, 9.17) is 5.73 Å². The van der Waals surface area contributed by atoms with Gasteiger partial charge in [0.1, 0.15) is 10.6 Å². The molecule has 0 aromatic carbocycles. The minimum Gasteiger partial charge on any atom is -0.368 e. The van der Waals surface area contributed by atoms with E-state index < -0.39 is 0 Å². The van der Waals surface area contributed by atoms with Crippen LogP contribution in [0.1, 0.15) is 24.6 Å². The highest BCUT2D eigenvalue weighted by Crippen LogP contribution is 2.29. The van der Waals surface area contributed by atoms with Crippen molar-refractivity contribution in [3.63, 3.8) is 0 Å². The Morgan fingerprint density at radius 1 is 1.50 bits per heavy atom. The Balaban J connectivity index is 1.78. The second-order valence-corrected chi connectivity index (χ2v) is 6.03. The SMILES string of the molecule is CCc1cc2c(NCC(=O)NC3CC3)nc(N)nc2s1. The number of thiophene rings is 1. The summed E-state index contributed by atoms with van der Waals surface area (Å²) in [7, 11) is 0. The number of fused-ring (bicyclic) bond motifs is 1. The van der Waals surface area contributed by atoms with E-state index in [1.165, 1.54) is 4.88 Å². The van der Waals surface area contributed by atoms with Gasteiger partial charge in [0.15, 0.2) is 0 Å². The van der Waals surface area contributed by atoms with Gasteiger partial charge in [0.25, 0.3) is 0 Å². The molecule has 0 aliphatic heterocycles. The summed E-state index contributed by atoms with van der Waals surface area (Å²) < 4.78 is 0. The molecule has 1 aliphatic carbocycles. The molecule has 0 bridgehead atoms. The zero-order valence-electron chi connectivity index (χ0n) is 11.3. The number of carbonyl (C=O) groups is 1. The number of amides is 1. The van der Waals surface area contributed by atoms with Crippen molar-refractivity contribution in [3.8, 4) is 0 Å². The third kappa shape index (κ3) is 2.82. The van der Waals surface area contributed by atoms with E-state index in [9.17, 15) is 4.79 Å². The Labute approximate surface area is 120 Å². The van der Waals surface area contributed by atoms with Crippen LogP contribution in [0.5, 0.6) is 0 Å². The van der Waals surface area contributed by atoms with E-state index in [2.05, 4.69) is 33.6 Å². The quantitative estimate of drug-likeness (QED) is 0.777. The Bertz CT molecular complexity index is 649. The molecule has 0 atom stereocenters. The van der Waals surface area contributed by atoms with Crippen LogP contribution in [0.25, 0.3) is 10.2 Å². The van der Waals surface area contributed by atoms with Crippen LogP contribution in [-0.4, -0.2) is 28.5 Å². The highest BCUT2D eigenvalue weighted by molar-refractivity contribution is 7.18. The van der Waals surface area contributed by atoms with Crippen LogP contribution in [-0.2, 0) is 11.2 Å². The zero-order valence-corrected chi connectivity index (χ0v) is 12.1. The van der Waals surface area contributed by atoms with E-state index in [-0.39, 0.29) is 18.4 Å². The summed E-state index contributed by atoms with van der Waals surface area (Å²) in [6.07, 6.45) is 3.12. The van der Waals surface area contributed by atoms with Gasteiger partial charge in [0, 0.05) is 10.9 Å².